The third-order valence-electron chi connectivity index (χ3n) is 0.178. The van der Waals surface area contributed by atoms with Gasteiger partial charge in [0.1, 0.15) is 0 Å². The molecule has 60 valence electrons. The molecule has 0 amide bonds. The molecule has 6 nitrogen and oxygen atoms in total. The molecule has 0 unspecified atom stereocenters. The maximum atomic E-state index is 10.6. The fraction of sp³-hybridized carbons (Fsp3) is 0.333. The van der Waals surface area contributed by atoms with Crippen LogP contribution in [0.2, 0.25) is 0 Å². The number of halogens is 1. The first-order valence-electron chi connectivity index (χ1n) is 1.84. The average molecular weight is 156 g/mol. The van der Waals surface area contributed by atoms with Crippen LogP contribution in [0.1, 0.15) is 0 Å². The Labute approximate surface area is 54.5 Å². The van der Waals surface area contributed by atoms with Crippen molar-refractivity contribution in [2.75, 3.05) is 6.86 Å². The fourth-order valence-corrected chi connectivity index (χ4v) is 0.0467. The summed E-state index contributed by atoms with van der Waals surface area (Å²) in [4.78, 5) is 17.7. The highest BCUT2D eigenvalue weighted by Gasteiger charge is 1.88. The topological polar surface area (TPSA) is 104 Å². The molecule has 0 spiro atoms. The van der Waals surface area contributed by atoms with Crippen LogP contribution in [0.25, 0.3) is 0 Å². The lowest BCUT2D eigenvalue weighted by Crippen LogP contribution is -1.96. The van der Waals surface area contributed by atoms with Gasteiger partial charge >= 0.3 is 12.3 Å². The van der Waals surface area contributed by atoms with E-state index < -0.39 is 19.2 Å². The van der Waals surface area contributed by atoms with Crippen molar-refractivity contribution in [3.05, 3.63) is 0 Å². The lowest BCUT2D eigenvalue weighted by atomic mass is 11.3. The monoisotopic (exact) mass is 156 g/mol. The molecule has 7 heteroatoms. The largest absolute Gasteiger partial charge is 0.508 e. The molecule has 0 aromatic heterocycles. The maximum absolute atomic E-state index is 10.6. The molecule has 0 saturated heterocycles. The normalized spacial score (nSPS) is 6.90. The molecule has 0 rings (SSSR count). The van der Waals surface area contributed by atoms with Crippen LogP contribution in [0, 0.1) is 0 Å². The van der Waals surface area contributed by atoms with Crippen LogP contribution in [0.3, 0.4) is 0 Å². The number of rotatable bonds is 1. The van der Waals surface area contributed by atoms with Gasteiger partial charge in [-0.2, -0.15) is 0 Å². The first-order chi connectivity index (χ1) is 4.50. The molecule has 10 heavy (non-hydrogen) atoms. The van der Waals surface area contributed by atoms with Gasteiger partial charge in [-0.1, -0.05) is 0 Å². The Morgan fingerprint density at radius 2 is 1.60 bits per heavy atom. The standard InChI is InChI=1S/C2H3FO3.CH2O3/c3-1-6-2(4)5;2-1(3)4/h1H2,(H,4,5);(H2,2,3,4). The van der Waals surface area contributed by atoms with Gasteiger partial charge in [-0.3, -0.25) is 0 Å². The van der Waals surface area contributed by atoms with E-state index in [1.807, 2.05) is 0 Å². The van der Waals surface area contributed by atoms with Gasteiger partial charge in [0.25, 0.3) is 0 Å². The summed E-state index contributed by atoms with van der Waals surface area (Å²) < 4.78 is 13.9. The van der Waals surface area contributed by atoms with E-state index in [-0.39, 0.29) is 0 Å². The second-order valence-corrected chi connectivity index (χ2v) is 0.802. The van der Waals surface area contributed by atoms with E-state index in [2.05, 4.69) is 4.74 Å². The van der Waals surface area contributed by atoms with Gasteiger partial charge in [-0.15, -0.1) is 0 Å². The lowest BCUT2D eigenvalue weighted by Gasteiger charge is -1.84. The number of carboxylic acid groups (broad SMARTS) is 3. The first kappa shape index (κ1) is 11.3. The zero-order valence-electron chi connectivity index (χ0n) is 4.65. The summed E-state index contributed by atoms with van der Waals surface area (Å²) in [7, 11) is 0. The lowest BCUT2D eigenvalue weighted by molar-refractivity contribution is 0.0547. The Balaban J connectivity index is 0. The summed E-state index contributed by atoms with van der Waals surface area (Å²) in [5, 5.41) is 21.4. The van der Waals surface area contributed by atoms with Crippen LogP contribution >= 0.6 is 0 Å². The number of ether oxygens (including phenoxy) is 1. The molecule has 0 heterocycles. The summed E-state index contributed by atoms with van der Waals surface area (Å²) in [6.07, 6.45) is -3.42. The van der Waals surface area contributed by atoms with Crippen molar-refractivity contribution in [1.82, 2.24) is 0 Å². The van der Waals surface area contributed by atoms with E-state index in [9.17, 15) is 4.39 Å². The van der Waals surface area contributed by atoms with E-state index in [0.29, 0.717) is 0 Å². The zero-order chi connectivity index (χ0) is 8.57. The molecule has 0 aromatic carbocycles. The molecular formula is C3H5FO6. The van der Waals surface area contributed by atoms with Gasteiger partial charge in [0, 0.05) is 0 Å². The maximum Gasteiger partial charge on any atom is 0.508 e. The molecule has 0 radical (unpaired) electrons. The summed E-state index contributed by atoms with van der Waals surface area (Å²) in [5.74, 6) is 0. The van der Waals surface area contributed by atoms with Crippen molar-refractivity contribution in [2.24, 2.45) is 0 Å². The number of hydrogen-bond donors (Lipinski definition) is 3. The Morgan fingerprint density at radius 1 is 1.30 bits per heavy atom. The molecule has 0 saturated carbocycles. The number of hydrogen-bond acceptors (Lipinski definition) is 3. The Hall–Kier alpha value is -1.53. The quantitative estimate of drug-likeness (QED) is 0.485. The highest BCUT2D eigenvalue weighted by Crippen LogP contribution is 1.72. The van der Waals surface area contributed by atoms with Gasteiger partial charge in [-0.25, -0.2) is 14.0 Å². The highest BCUT2D eigenvalue weighted by atomic mass is 19.1. The summed E-state index contributed by atoms with van der Waals surface area (Å²) in [5.41, 5.74) is 0. The molecule has 3 N–H and O–H groups in total. The minimum atomic E-state index is -1.83. The first-order valence-corrected chi connectivity index (χ1v) is 1.84. The summed E-state index contributed by atoms with van der Waals surface area (Å²) >= 11 is 0. The third-order valence-corrected chi connectivity index (χ3v) is 0.178. The number of carbonyl (C=O) groups is 2. The van der Waals surface area contributed by atoms with Crippen molar-refractivity contribution in [2.45, 2.75) is 0 Å². The Morgan fingerprint density at radius 3 is 1.60 bits per heavy atom. The van der Waals surface area contributed by atoms with E-state index in [1.54, 1.807) is 0 Å². The Bertz CT molecular complexity index is 108. The summed E-state index contributed by atoms with van der Waals surface area (Å²) in [6, 6.07) is 0. The van der Waals surface area contributed by atoms with Gasteiger partial charge in [0.2, 0.25) is 6.86 Å². The summed E-state index contributed by atoms with van der Waals surface area (Å²) in [6.45, 7) is -1.27. The van der Waals surface area contributed by atoms with Crippen LogP contribution in [-0.4, -0.2) is 34.5 Å². The van der Waals surface area contributed by atoms with Crippen molar-refractivity contribution in [3.63, 3.8) is 0 Å². The Kier molecular flexibility index (Phi) is 8.43. The molecule has 0 aromatic rings. The van der Waals surface area contributed by atoms with Crippen molar-refractivity contribution < 1.29 is 34.0 Å². The van der Waals surface area contributed by atoms with E-state index in [4.69, 9.17) is 24.9 Å². The van der Waals surface area contributed by atoms with Crippen LogP contribution in [0.15, 0.2) is 0 Å². The molecule has 0 bridgehead atoms. The van der Waals surface area contributed by atoms with Gasteiger partial charge < -0.3 is 20.1 Å². The zero-order valence-corrected chi connectivity index (χ0v) is 4.65. The molecule has 0 atom stereocenters. The van der Waals surface area contributed by atoms with Gasteiger partial charge in [-0.05, 0) is 0 Å². The number of alkyl halides is 1. The molecule has 0 aliphatic heterocycles. The van der Waals surface area contributed by atoms with E-state index in [1.165, 1.54) is 0 Å². The van der Waals surface area contributed by atoms with Crippen molar-refractivity contribution in [3.8, 4) is 0 Å². The van der Waals surface area contributed by atoms with Crippen LogP contribution in [0.5, 0.6) is 0 Å². The fourth-order valence-electron chi connectivity index (χ4n) is 0.0467. The SMILES string of the molecule is O=C(O)O.O=C(O)OCF. The van der Waals surface area contributed by atoms with Crippen molar-refractivity contribution in [1.29, 1.82) is 0 Å². The smallest absolute Gasteiger partial charge is 0.450 e. The van der Waals surface area contributed by atoms with Crippen molar-refractivity contribution >= 4 is 12.3 Å². The van der Waals surface area contributed by atoms with Crippen LogP contribution < -0.4 is 0 Å². The second kappa shape index (κ2) is 7.47. The van der Waals surface area contributed by atoms with Gasteiger partial charge in [0.15, 0.2) is 0 Å². The molecule has 0 aliphatic rings. The minimum Gasteiger partial charge on any atom is -0.450 e. The minimum absolute atomic E-state index is 1.27. The third kappa shape index (κ3) is 89.6. The molecule has 0 aliphatic carbocycles. The predicted molar refractivity (Wildman–Crippen MR) is 25.7 cm³/mol. The molecular weight excluding hydrogens is 151 g/mol. The second-order valence-electron chi connectivity index (χ2n) is 0.802. The highest BCUT2D eigenvalue weighted by molar-refractivity contribution is 5.56. The van der Waals surface area contributed by atoms with Crippen LogP contribution in [-0.2, 0) is 4.74 Å². The molecule has 0 fully saturated rings. The van der Waals surface area contributed by atoms with E-state index in [0.717, 1.165) is 0 Å². The average Bonchev–Trinajstić information content (AvgIpc) is 1.62. The predicted octanol–water partition coefficient (Wildman–Crippen LogP) is 0.830. The van der Waals surface area contributed by atoms with Gasteiger partial charge in [0.05, 0.1) is 0 Å². The van der Waals surface area contributed by atoms with E-state index >= 15 is 0 Å². The van der Waals surface area contributed by atoms with Crippen LogP contribution in [0.4, 0.5) is 14.0 Å².